The molecule has 3 nitrogen and oxygen atoms in total. The Morgan fingerprint density at radius 3 is 2.84 bits per heavy atom. The lowest BCUT2D eigenvalue weighted by molar-refractivity contribution is 0.606. The summed E-state index contributed by atoms with van der Waals surface area (Å²) >= 11 is 1.58. The highest BCUT2D eigenvalue weighted by molar-refractivity contribution is 7.15. The Morgan fingerprint density at radius 1 is 1.42 bits per heavy atom. The molecule has 0 aliphatic carbocycles. The molecule has 1 heterocycles. The molecule has 1 atom stereocenters. The number of hydrogen-bond acceptors (Lipinski definition) is 4. The molecule has 0 bridgehead atoms. The number of nitrogens with one attached hydrogen (secondary N) is 1. The second-order valence-electron chi connectivity index (χ2n) is 4.33. The van der Waals surface area contributed by atoms with E-state index in [2.05, 4.69) is 24.1 Å². The van der Waals surface area contributed by atoms with Gasteiger partial charge in [-0.1, -0.05) is 30.4 Å². The van der Waals surface area contributed by atoms with Crippen molar-refractivity contribution in [3.63, 3.8) is 0 Å². The molecule has 102 valence electrons. The third kappa shape index (κ3) is 3.11. The summed E-state index contributed by atoms with van der Waals surface area (Å²) in [6.45, 7) is 5.09. The van der Waals surface area contributed by atoms with E-state index < -0.39 is 0 Å². The van der Waals surface area contributed by atoms with Gasteiger partial charge in [-0.15, -0.1) is 0 Å². The van der Waals surface area contributed by atoms with E-state index in [0.717, 1.165) is 16.6 Å². The lowest BCUT2D eigenvalue weighted by Gasteiger charge is -2.16. The van der Waals surface area contributed by atoms with Crippen LogP contribution in [-0.4, -0.2) is 18.6 Å². The maximum Gasteiger partial charge on any atom is 0.189 e. The first kappa shape index (κ1) is 14.0. The molecule has 0 amide bonds. The van der Waals surface area contributed by atoms with Crippen molar-refractivity contribution >= 4 is 22.2 Å². The standard InChI is InChI=1S/C14H18FN3S/c1-4-16-10(2)13-9-17-14(19-13)18(3)12-8-6-5-7-11(12)15/h5-10,16H,4H2,1-3H3. The number of benzene rings is 1. The third-order valence-electron chi connectivity index (χ3n) is 2.95. The van der Waals surface area contributed by atoms with Crippen molar-refractivity contribution in [2.75, 3.05) is 18.5 Å². The van der Waals surface area contributed by atoms with Gasteiger partial charge in [0.1, 0.15) is 5.82 Å². The average molecular weight is 279 g/mol. The normalized spacial score (nSPS) is 12.4. The molecule has 5 heteroatoms. The van der Waals surface area contributed by atoms with Crippen LogP contribution in [0, 0.1) is 5.82 Å². The first-order valence-corrected chi connectivity index (χ1v) is 7.12. The van der Waals surface area contributed by atoms with Crippen molar-refractivity contribution in [3.05, 3.63) is 41.2 Å². The Kier molecular flexibility index (Phi) is 4.50. The summed E-state index contributed by atoms with van der Waals surface area (Å²) in [5.74, 6) is -0.235. The van der Waals surface area contributed by atoms with Crippen LogP contribution in [0.5, 0.6) is 0 Å². The summed E-state index contributed by atoms with van der Waals surface area (Å²) in [5.41, 5.74) is 0.541. The van der Waals surface area contributed by atoms with E-state index in [4.69, 9.17) is 0 Å². The lowest BCUT2D eigenvalue weighted by Crippen LogP contribution is -2.16. The van der Waals surface area contributed by atoms with Crippen LogP contribution in [0.25, 0.3) is 0 Å². The Balaban J connectivity index is 2.21. The van der Waals surface area contributed by atoms with Crippen LogP contribution in [0.3, 0.4) is 0 Å². The predicted molar refractivity (Wildman–Crippen MR) is 78.7 cm³/mol. The fourth-order valence-electron chi connectivity index (χ4n) is 1.87. The van der Waals surface area contributed by atoms with E-state index in [9.17, 15) is 4.39 Å². The van der Waals surface area contributed by atoms with Gasteiger partial charge >= 0.3 is 0 Å². The molecular formula is C14H18FN3S. The van der Waals surface area contributed by atoms with E-state index in [0.29, 0.717) is 5.69 Å². The Morgan fingerprint density at radius 2 is 2.16 bits per heavy atom. The smallest absolute Gasteiger partial charge is 0.189 e. The van der Waals surface area contributed by atoms with Gasteiger partial charge in [-0.3, -0.25) is 0 Å². The first-order valence-electron chi connectivity index (χ1n) is 6.30. The van der Waals surface area contributed by atoms with E-state index >= 15 is 0 Å². The minimum absolute atomic E-state index is 0.235. The maximum absolute atomic E-state index is 13.7. The molecule has 0 radical (unpaired) electrons. The van der Waals surface area contributed by atoms with Gasteiger partial charge in [0.05, 0.1) is 5.69 Å². The van der Waals surface area contributed by atoms with Gasteiger partial charge in [-0.2, -0.15) is 0 Å². The number of thiazole rings is 1. The highest BCUT2D eigenvalue weighted by atomic mass is 32.1. The summed E-state index contributed by atoms with van der Waals surface area (Å²) in [4.78, 5) is 7.31. The van der Waals surface area contributed by atoms with Crippen LogP contribution in [0.2, 0.25) is 0 Å². The molecule has 1 N–H and O–H groups in total. The van der Waals surface area contributed by atoms with Crippen molar-refractivity contribution in [2.24, 2.45) is 0 Å². The van der Waals surface area contributed by atoms with Crippen LogP contribution in [0.15, 0.2) is 30.5 Å². The van der Waals surface area contributed by atoms with Gasteiger partial charge in [-0.25, -0.2) is 9.37 Å². The second kappa shape index (κ2) is 6.12. The van der Waals surface area contributed by atoms with Crippen molar-refractivity contribution in [3.8, 4) is 0 Å². The molecular weight excluding hydrogens is 261 g/mol. The summed E-state index contributed by atoms with van der Waals surface area (Å²) in [6.07, 6.45) is 1.85. The average Bonchev–Trinajstić information content (AvgIpc) is 2.88. The second-order valence-corrected chi connectivity index (χ2v) is 5.38. The monoisotopic (exact) mass is 279 g/mol. The molecule has 0 fully saturated rings. The minimum atomic E-state index is -0.235. The quantitative estimate of drug-likeness (QED) is 0.904. The summed E-state index contributed by atoms with van der Waals surface area (Å²) in [6, 6.07) is 6.99. The highest BCUT2D eigenvalue weighted by Gasteiger charge is 2.14. The molecule has 1 aromatic heterocycles. The van der Waals surface area contributed by atoms with Gasteiger partial charge in [0.25, 0.3) is 0 Å². The predicted octanol–water partition coefficient (Wildman–Crippen LogP) is 3.72. The molecule has 2 aromatic rings. The number of aromatic nitrogens is 1. The largest absolute Gasteiger partial charge is 0.318 e. The third-order valence-corrected chi connectivity index (χ3v) is 4.21. The SMILES string of the molecule is CCNC(C)c1cnc(N(C)c2ccccc2F)s1. The van der Waals surface area contributed by atoms with Crippen molar-refractivity contribution < 1.29 is 4.39 Å². The fraction of sp³-hybridized carbons (Fsp3) is 0.357. The molecule has 2 rings (SSSR count). The number of rotatable bonds is 5. The number of anilines is 2. The number of halogens is 1. The first-order chi connectivity index (χ1) is 9.13. The molecule has 19 heavy (non-hydrogen) atoms. The zero-order chi connectivity index (χ0) is 13.8. The van der Waals surface area contributed by atoms with Gasteiger partial charge in [0.2, 0.25) is 0 Å². The van der Waals surface area contributed by atoms with E-state index in [1.165, 1.54) is 6.07 Å². The lowest BCUT2D eigenvalue weighted by atomic mass is 10.3. The molecule has 0 saturated carbocycles. The maximum atomic E-state index is 13.7. The van der Waals surface area contributed by atoms with Crippen molar-refractivity contribution in [1.29, 1.82) is 0 Å². The number of para-hydroxylation sites is 1. The summed E-state index contributed by atoms with van der Waals surface area (Å²) < 4.78 is 13.7. The highest BCUT2D eigenvalue weighted by Crippen LogP contribution is 2.31. The zero-order valence-corrected chi connectivity index (χ0v) is 12.2. The van der Waals surface area contributed by atoms with Crippen LogP contribution in [0.4, 0.5) is 15.2 Å². The molecule has 1 aromatic carbocycles. The fourth-order valence-corrected chi connectivity index (χ4v) is 2.78. The Bertz CT molecular complexity index is 541. The number of nitrogens with zero attached hydrogens (tertiary/aromatic N) is 2. The molecule has 0 saturated heterocycles. The van der Waals surface area contributed by atoms with Crippen LogP contribution >= 0.6 is 11.3 Å². The Labute approximate surface area is 117 Å². The zero-order valence-electron chi connectivity index (χ0n) is 11.4. The van der Waals surface area contributed by atoms with Crippen LogP contribution in [0.1, 0.15) is 24.8 Å². The van der Waals surface area contributed by atoms with Gasteiger partial charge in [0.15, 0.2) is 5.13 Å². The van der Waals surface area contributed by atoms with Crippen LogP contribution in [-0.2, 0) is 0 Å². The van der Waals surface area contributed by atoms with Gasteiger partial charge < -0.3 is 10.2 Å². The molecule has 0 spiro atoms. The van der Waals surface area contributed by atoms with E-state index in [1.807, 2.05) is 19.3 Å². The Hall–Kier alpha value is -1.46. The van der Waals surface area contributed by atoms with Crippen molar-refractivity contribution in [2.45, 2.75) is 19.9 Å². The van der Waals surface area contributed by atoms with E-state index in [-0.39, 0.29) is 11.9 Å². The summed E-state index contributed by atoms with van der Waals surface area (Å²) in [5, 5.41) is 4.14. The van der Waals surface area contributed by atoms with Crippen LogP contribution < -0.4 is 10.2 Å². The molecule has 1 unspecified atom stereocenters. The topological polar surface area (TPSA) is 28.2 Å². The molecule has 0 aliphatic heterocycles. The van der Waals surface area contributed by atoms with Gasteiger partial charge in [-0.05, 0) is 25.6 Å². The summed E-state index contributed by atoms with van der Waals surface area (Å²) in [7, 11) is 1.83. The minimum Gasteiger partial charge on any atom is -0.318 e. The van der Waals surface area contributed by atoms with Gasteiger partial charge in [0, 0.05) is 24.2 Å². The van der Waals surface area contributed by atoms with Crippen molar-refractivity contribution in [1.82, 2.24) is 10.3 Å². The molecule has 0 aliphatic rings. The number of hydrogen-bond donors (Lipinski definition) is 1. The van der Waals surface area contributed by atoms with E-state index in [1.54, 1.807) is 28.4 Å².